The summed E-state index contributed by atoms with van der Waals surface area (Å²) in [6.45, 7) is 4.04. The highest BCUT2D eigenvalue weighted by Crippen LogP contribution is 2.19. The van der Waals surface area contributed by atoms with Gasteiger partial charge in [-0.05, 0) is 43.2 Å². The summed E-state index contributed by atoms with van der Waals surface area (Å²) in [6, 6.07) is 13.9. The third kappa shape index (κ3) is 1.56. The highest BCUT2D eigenvalue weighted by Gasteiger charge is 2.10. The van der Waals surface area contributed by atoms with Gasteiger partial charge in [-0.15, -0.1) is 0 Å². The lowest BCUT2D eigenvalue weighted by molar-refractivity contribution is 1.01. The second-order valence-corrected chi connectivity index (χ2v) is 4.58. The van der Waals surface area contributed by atoms with Gasteiger partial charge in [0.05, 0.1) is 16.7 Å². The minimum atomic E-state index is -0.0927. The number of fused-ring (bicyclic) bond motifs is 1. The molecule has 3 nitrogen and oxygen atoms in total. The number of hydrogen-bond acceptors (Lipinski definition) is 1. The number of nitrogens with one attached hydrogen (secondary N) is 1. The number of imidazole rings is 1. The lowest BCUT2D eigenvalue weighted by Gasteiger charge is -2.06. The van der Waals surface area contributed by atoms with E-state index >= 15 is 0 Å². The zero-order valence-electron chi connectivity index (χ0n) is 10.4. The summed E-state index contributed by atoms with van der Waals surface area (Å²) in [5, 5.41) is 0. The molecule has 3 heteroatoms. The van der Waals surface area contributed by atoms with E-state index in [0.29, 0.717) is 0 Å². The number of aromatic nitrogens is 2. The van der Waals surface area contributed by atoms with Crippen molar-refractivity contribution < 1.29 is 0 Å². The van der Waals surface area contributed by atoms with Gasteiger partial charge < -0.3 is 4.98 Å². The largest absolute Gasteiger partial charge is 0.331 e. The molecule has 0 saturated heterocycles. The Morgan fingerprint density at radius 1 is 1.06 bits per heavy atom. The first-order valence-corrected chi connectivity index (χ1v) is 5.94. The summed E-state index contributed by atoms with van der Waals surface area (Å²) < 4.78 is 1.73. The molecule has 0 atom stereocenters. The Morgan fingerprint density at radius 2 is 1.83 bits per heavy atom. The van der Waals surface area contributed by atoms with Gasteiger partial charge in [0.25, 0.3) is 0 Å². The Morgan fingerprint density at radius 3 is 2.61 bits per heavy atom. The molecule has 0 bridgehead atoms. The van der Waals surface area contributed by atoms with Crippen molar-refractivity contribution in [1.29, 1.82) is 0 Å². The number of rotatable bonds is 1. The van der Waals surface area contributed by atoms with Crippen LogP contribution in [0.3, 0.4) is 0 Å². The van der Waals surface area contributed by atoms with Crippen molar-refractivity contribution in [2.75, 3.05) is 0 Å². The SMILES string of the molecule is Cc1cccc(-n2c(=O)[nH]c3cccc(C)c32)c1. The van der Waals surface area contributed by atoms with Gasteiger partial charge in [0, 0.05) is 0 Å². The molecule has 0 unspecified atom stereocenters. The van der Waals surface area contributed by atoms with Gasteiger partial charge in [0.15, 0.2) is 0 Å². The summed E-state index contributed by atoms with van der Waals surface area (Å²) in [5.74, 6) is 0. The van der Waals surface area contributed by atoms with Crippen LogP contribution >= 0.6 is 0 Å². The summed E-state index contributed by atoms with van der Waals surface area (Å²) in [7, 11) is 0. The molecular weight excluding hydrogens is 224 g/mol. The first kappa shape index (κ1) is 10.8. The van der Waals surface area contributed by atoms with Crippen LogP contribution in [0.4, 0.5) is 0 Å². The predicted octanol–water partition coefficient (Wildman–Crippen LogP) is 2.94. The molecule has 0 amide bonds. The molecule has 18 heavy (non-hydrogen) atoms. The second-order valence-electron chi connectivity index (χ2n) is 4.58. The Bertz CT molecular complexity index is 781. The second kappa shape index (κ2) is 3.88. The van der Waals surface area contributed by atoms with Gasteiger partial charge in [-0.2, -0.15) is 0 Å². The highest BCUT2D eigenvalue weighted by atomic mass is 16.1. The van der Waals surface area contributed by atoms with E-state index in [4.69, 9.17) is 0 Å². The van der Waals surface area contributed by atoms with E-state index < -0.39 is 0 Å². The van der Waals surface area contributed by atoms with Crippen LogP contribution in [0.15, 0.2) is 47.3 Å². The minimum Gasteiger partial charge on any atom is -0.305 e. The maximum atomic E-state index is 12.1. The fourth-order valence-electron chi connectivity index (χ4n) is 2.34. The lowest BCUT2D eigenvalue weighted by Crippen LogP contribution is -2.14. The lowest BCUT2D eigenvalue weighted by atomic mass is 10.2. The summed E-state index contributed by atoms with van der Waals surface area (Å²) in [4.78, 5) is 15.0. The molecule has 0 spiro atoms. The van der Waals surface area contributed by atoms with Crippen LogP contribution < -0.4 is 5.69 Å². The van der Waals surface area contributed by atoms with Crippen LogP contribution in [0.25, 0.3) is 16.7 Å². The predicted molar refractivity (Wildman–Crippen MR) is 73.4 cm³/mol. The van der Waals surface area contributed by atoms with E-state index in [1.54, 1.807) is 4.57 Å². The topological polar surface area (TPSA) is 37.8 Å². The molecule has 3 aromatic rings. The van der Waals surface area contributed by atoms with Gasteiger partial charge in [-0.25, -0.2) is 4.79 Å². The van der Waals surface area contributed by atoms with Crippen molar-refractivity contribution in [2.45, 2.75) is 13.8 Å². The van der Waals surface area contributed by atoms with Crippen molar-refractivity contribution >= 4 is 11.0 Å². The molecule has 0 aliphatic heterocycles. The minimum absolute atomic E-state index is 0.0927. The van der Waals surface area contributed by atoms with E-state index in [1.807, 2.05) is 56.3 Å². The van der Waals surface area contributed by atoms with E-state index in [2.05, 4.69) is 4.98 Å². The van der Waals surface area contributed by atoms with E-state index in [1.165, 1.54) is 0 Å². The smallest absolute Gasteiger partial charge is 0.305 e. The van der Waals surface area contributed by atoms with Crippen molar-refractivity contribution in [2.24, 2.45) is 0 Å². The standard InChI is InChI=1S/C15H14N2O/c1-10-5-3-7-12(9-10)17-14-11(2)6-4-8-13(14)16-15(17)18/h3-9H,1-2H3,(H,16,18). The number of H-pyrrole nitrogens is 1. The Balaban J connectivity index is 2.42. The molecule has 3 rings (SSSR count). The number of nitrogens with zero attached hydrogens (tertiary/aromatic N) is 1. The van der Waals surface area contributed by atoms with Gasteiger partial charge in [0.2, 0.25) is 0 Å². The van der Waals surface area contributed by atoms with Gasteiger partial charge in [-0.3, -0.25) is 4.57 Å². The molecule has 0 aliphatic carbocycles. The average molecular weight is 238 g/mol. The van der Waals surface area contributed by atoms with Crippen LogP contribution in [-0.2, 0) is 0 Å². The maximum Gasteiger partial charge on any atom is 0.331 e. The molecule has 0 aliphatic rings. The third-order valence-electron chi connectivity index (χ3n) is 3.17. The van der Waals surface area contributed by atoms with Gasteiger partial charge in [0.1, 0.15) is 0 Å². The number of aromatic amines is 1. The Hall–Kier alpha value is -2.29. The molecule has 1 aromatic heterocycles. The van der Waals surface area contributed by atoms with Crippen LogP contribution in [0.2, 0.25) is 0 Å². The monoisotopic (exact) mass is 238 g/mol. The number of para-hydroxylation sites is 1. The zero-order valence-corrected chi connectivity index (χ0v) is 10.4. The molecule has 0 radical (unpaired) electrons. The number of benzene rings is 2. The molecule has 1 N–H and O–H groups in total. The van der Waals surface area contributed by atoms with Crippen molar-refractivity contribution in [3.63, 3.8) is 0 Å². The first-order valence-electron chi connectivity index (χ1n) is 5.94. The van der Waals surface area contributed by atoms with Crippen LogP contribution in [0, 0.1) is 13.8 Å². The average Bonchev–Trinajstić information content (AvgIpc) is 2.67. The fourth-order valence-corrected chi connectivity index (χ4v) is 2.34. The highest BCUT2D eigenvalue weighted by molar-refractivity contribution is 5.80. The fraction of sp³-hybridized carbons (Fsp3) is 0.133. The molecule has 90 valence electrons. The van der Waals surface area contributed by atoms with E-state index in [0.717, 1.165) is 27.8 Å². The van der Waals surface area contributed by atoms with Crippen LogP contribution in [-0.4, -0.2) is 9.55 Å². The summed E-state index contributed by atoms with van der Waals surface area (Å²) in [5.41, 5.74) is 4.87. The Labute approximate surface area is 105 Å². The summed E-state index contributed by atoms with van der Waals surface area (Å²) in [6.07, 6.45) is 0. The molecule has 0 fully saturated rings. The summed E-state index contributed by atoms with van der Waals surface area (Å²) >= 11 is 0. The molecule has 0 saturated carbocycles. The zero-order chi connectivity index (χ0) is 12.7. The van der Waals surface area contributed by atoms with Gasteiger partial charge in [-0.1, -0.05) is 24.3 Å². The van der Waals surface area contributed by atoms with Crippen LogP contribution in [0.1, 0.15) is 11.1 Å². The quantitative estimate of drug-likeness (QED) is 0.695. The molecular formula is C15H14N2O. The van der Waals surface area contributed by atoms with Crippen molar-refractivity contribution in [1.82, 2.24) is 9.55 Å². The number of hydrogen-bond donors (Lipinski definition) is 1. The van der Waals surface area contributed by atoms with Crippen LogP contribution in [0.5, 0.6) is 0 Å². The number of aryl methyl sites for hydroxylation is 2. The van der Waals surface area contributed by atoms with E-state index in [-0.39, 0.29) is 5.69 Å². The Kier molecular flexibility index (Phi) is 2.33. The van der Waals surface area contributed by atoms with Crippen molar-refractivity contribution in [3.8, 4) is 5.69 Å². The normalized spacial score (nSPS) is 11.0. The molecule has 1 heterocycles. The van der Waals surface area contributed by atoms with E-state index in [9.17, 15) is 4.79 Å². The van der Waals surface area contributed by atoms with Gasteiger partial charge >= 0.3 is 5.69 Å². The maximum absolute atomic E-state index is 12.1. The van der Waals surface area contributed by atoms with Crippen molar-refractivity contribution in [3.05, 3.63) is 64.1 Å². The first-order chi connectivity index (χ1) is 8.66. The third-order valence-corrected chi connectivity index (χ3v) is 3.17. The molecule has 2 aromatic carbocycles.